The lowest BCUT2D eigenvalue weighted by Crippen LogP contribution is -2.42. The summed E-state index contributed by atoms with van der Waals surface area (Å²) < 4.78 is 22.1. The number of rotatable bonds is 8. The molecule has 1 aliphatic heterocycles. The Morgan fingerprint density at radius 3 is 2.35 bits per heavy atom. The second-order valence-electron chi connectivity index (χ2n) is 6.46. The van der Waals surface area contributed by atoms with E-state index in [1.807, 2.05) is 31.2 Å². The Kier molecular flexibility index (Phi) is 6.55. The van der Waals surface area contributed by atoms with Gasteiger partial charge in [-0.15, -0.1) is 0 Å². The maximum Gasteiger partial charge on any atom is 0.122 e. The number of hydrogen-bond acceptors (Lipinski definition) is 6. The Bertz CT molecular complexity index is 673. The summed E-state index contributed by atoms with van der Waals surface area (Å²) in [6.07, 6.45) is 0. The third kappa shape index (κ3) is 4.78. The van der Waals surface area contributed by atoms with Gasteiger partial charge in [-0.3, -0.25) is 4.90 Å². The van der Waals surface area contributed by atoms with Crippen molar-refractivity contribution in [2.75, 3.05) is 47.1 Å². The maximum atomic E-state index is 5.91. The van der Waals surface area contributed by atoms with Crippen LogP contribution in [0.5, 0.6) is 11.5 Å². The molecule has 0 spiro atoms. The van der Waals surface area contributed by atoms with E-state index in [2.05, 4.69) is 16.3 Å². The molecule has 6 heteroatoms. The van der Waals surface area contributed by atoms with Crippen LogP contribution in [0.3, 0.4) is 0 Å². The van der Waals surface area contributed by atoms with Gasteiger partial charge in [0.25, 0.3) is 0 Å². The van der Waals surface area contributed by atoms with Crippen LogP contribution in [0.1, 0.15) is 23.1 Å². The van der Waals surface area contributed by atoms with Gasteiger partial charge in [-0.05, 0) is 36.8 Å². The normalized spacial score (nSPS) is 16.4. The molecule has 0 bridgehead atoms. The van der Waals surface area contributed by atoms with Gasteiger partial charge in [0.05, 0.1) is 33.5 Å². The first-order valence-electron chi connectivity index (χ1n) is 9.00. The van der Waals surface area contributed by atoms with Crippen molar-refractivity contribution in [3.63, 3.8) is 0 Å². The van der Waals surface area contributed by atoms with Crippen LogP contribution in [0.4, 0.5) is 0 Å². The molecule has 1 atom stereocenters. The number of hydrogen-bond donors (Lipinski definition) is 1. The van der Waals surface area contributed by atoms with Gasteiger partial charge in [-0.1, -0.05) is 0 Å². The number of nitrogens with one attached hydrogen (secondary N) is 1. The van der Waals surface area contributed by atoms with Gasteiger partial charge in [0.1, 0.15) is 23.0 Å². The van der Waals surface area contributed by atoms with Crippen LogP contribution < -0.4 is 14.8 Å². The van der Waals surface area contributed by atoms with Gasteiger partial charge in [0.15, 0.2) is 0 Å². The predicted molar refractivity (Wildman–Crippen MR) is 99.8 cm³/mol. The molecule has 1 aromatic heterocycles. The van der Waals surface area contributed by atoms with Crippen LogP contribution in [0, 0.1) is 6.92 Å². The number of furan rings is 1. The average Bonchev–Trinajstić information content (AvgIpc) is 3.11. The highest BCUT2D eigenvalue weighted by atomic mass is 16.5. The lowest BCUT2D eigenvalue weighted by Gasteiger charge is -2.33. The Balaban J connectivity index is 1.66. The Hall–Kier alpha value is -2.02. The average molecular weight is 360 g/mol. The van der Waals surface area contributed by atoms with E-state index in [9.17, 15) is 0 Å². The number of aryl methyl sites for hydroxylation is 1. The Morgan fingerprint density at radius 2 is 1.77 bits per heavy atom. The third-order valence-electron chi connectivity index (χ3n) is 4.65. The number of benzene rings is 1. The summed E-state index contributed by atoms with van der Waals surface area (Å²) in [5.74, 6) is 3.54. The zero-order chi connectivity index (χ0) is 18.4. The van der Waals surface area contributed by atoms with Gasteiger partial charge in [0.2, 0.25) is 0 Å². The van der Waals surface area contributed by atoms with E-state index < -0.39 is 0 Å². The quantitative estimate of drug-likeness (QED) is 0.781. The van der Waals surface area contributed by atoms with Crippen molar-refractivity contribution in [2.45, 2.75) is 19.5 Å². The molecule has 26 heavy (non-hydrogen) atoms. The zero-order valence-electron chi connectivity index (χ0n) is 15.8. The molecule has 1 unspecified atom stereocenters. The van der Waals surface area contributed by atoms with E-state index in [-0.39, 0.29) is 6.04 Å². The molecule has 142 valence electrons. The van der Waals surface area contributed by atoms with Crippen LogP contribution in [0.2, 0.25) is 0 Å². The lowest BCUT2D eigenvalue weighted by atomic mass is 10.1. The van der Waals surface area contributed by atoms with Crippen molar-refractivity contribution in [1.29, 1.82) is 0 Å². The molecule has 3 rings (SSSR count). The molecule has 0 radical (unpaired) electrons. The fourth-order valence-electron chi connectivity index (χ4n) is 3.25. The minimum atomic E-state index is 0.195. The molecule has 1 saturated heterocycles. The highest BCUT2D eigenvalue weighted by Gasteiger charge is 2.24. The summed E-state index contributed by atoms with van der Waals surface area (Å²) in [6.45, 7) is 6.88. The fourth-order valence-corrected chi connectivity index (χ4v) is 3.25. The number of nitrogens with zero attached hydrogens (tertiary/aromatic N) is 1. The maximum absolute atomic E-state index is 5.91. The largest absolute Gasteiger partial charge is 0.497 e. The van der Waals surface area contributed by atoms with Gasteiger partial charge in [0, 0.05) is 32.2 Å². The Labute approximate surface area is 155 Å². The van der Waals surface area contributed by atoms with E-state index in [0.29, 0.717) is 0 Å². The fraction of sp³-hybridized carbons (Fsp3) is 0.500. The van der Waals surface area contributed by atoms with E-state index >= 15 is 0 Å². The van der Waals surface area contributed by atoms with Crippen molar-refractivity contribution < 1.29 is 18.6 Å². The van der Waals surface area contributed by atoms with Crippen molar-refractivity contribution >= 4 is 0 Å². The van der Waals surface area contributed by atoms with Crippen LogP contribution in [0.25, 0.3) is 0 Å². The standard InChI is InChI=1S/C20H28N2O4/c1-15-4-5-20(26-15)19(22-6-8-25-9-7-22)14-21-13-16-10-17(23-2)12-18(11-16)24-3/h4-5,10-12,19,21H,6-9,13-14H2,1-3H3. The first-order chi connectivity index (χ1) is 12.7. The van der Waals surface area contributed by atoms with Crippen LogP contribution >= 0.6 is 0 Å². The van der Waals surface area contributed by atoms with E-state index in [1.165, 1.54) is 0 Å². The van der Waals surface area contributed by atoms with E-state index in [4.69, 9.17) is 18.6 Å². The van der Waals surface area contributed by atoms with Crippen LogP contribution in [0.15, 0.2) is 34.7 Å². The van der Waals surface area contributed by atoms with Gasteiger partial charge < -0.3 is 23.9 Å². The van der Waals surface area contributed by atoms with Crippen molar-refractivity contribution in [2.24, 2.45) is 0 Å². The minimum Gasteiger partial charge on any atom is -0.497 e. The van der Waals surface area contributed by atoms with Gasteiger partial charge >= 0.3 is 0 Å². The monoisotopic (exact) mass is 360 g/mol. The van der Waals surface area contributed by atoms with E-state index in [0.717, 1.165) is 68.0 Å². The highest BCUT2D eigenvalue weighted by molar-refractivity contribution is 5.38. The van der Waals surface area contributed by atoms with Gasteiger partial charge in [-0.25, -0.2) is 0 Å². The van der Waals surface area contributed by atoms with Gasteiger partial charge in [-0.2, -0.15) is 0 Å². The van der Waals surface area contributed by atoms with Crippen LogP contribution in [-0.4, -0.2) is 52.0 Å². The van der Waals surface area contributed by atoms with E-state index in [1.54, 1.807) is 14.2 Å². The van der Waals surface area contributed by atoms with Crippen molar-refractivity contribution in [1.82, 2.24) is 10.2 Å². The molecule has 1 aliphatic rings. The molecular weight excluding hydrogens is 332 g/mol. The SMILES string of the molecule is COc1cc(CNCC(c2ccc(C)o2)N2CCOCC2)cc(OC)c1. The molecule has 6 nitrogen and oxygen atoms in total. The number of ether oxygens (including phenoxy) is 3. The molecule has 1 N–H and O–H groups in total. The highest BCUT2D eigenvalue weighted by Crippen LogP contribution is 2.25. The topological polar surface area (TPSA) is 56.1 Å². The molecule has 0 saturated carbocycles. The van der Waals surface area contributed by atoms with Crippen LogP contribution in [-0.2, 0) is 11.3 Å². The first kappa shape index (κ1) is 18.8. The van der Waals surface area contributed by atoms with Crippen molar-refractivity contribution in [3.05, 3.63) is 47.4 Å². The summed E-state index contributed by atoms with van der Waals surface area (Å²) in [4.78, 5) is 2.42. The molecule has 2 heterocycles. The zero-order valence-corrected chi connectivity index (χ0v) is 15.8. The molecule has 2 aromatic rings. The second kappa shape index (κ2) is 9.07. The summed E-state index contributed by atoms with van der Waals surface area (Å²) in [5, 5.41) is 3.56. The summed E-state index contributed by atoms with van der Waals surface area (Å²) in [7, 11) is 3.33. The second-order valence-corrected chi connectivity index (χ2v) is 6.46. The summed E-state index contributed by atoms with van der Waals surface area (Å²) >= 11 is 0. The summed E-state index contributed by atoms with van der Waals surface area (Å²) in [6, 6.07) is 10.2. The molecule has 1 aromatic carbocycles. The third-order valence-corrected chi connectivity index (χ3v) is 4.65. The molecule has 1 fully saturated rings. The minimum absolute atomic E-state index is 0.195. The Morgan fingerprint density at radius 1 is 1.08 bits per heavy atom. The lowest BCUT2D eigenvalue weighted by molar-refractivity contribution is 0.0115. The predicted octanol–water partition coefficient (Wildman–Crippen LogP) is 2.77. The first-order valence-corrected chi connectivity index (χ1v) is 9.00. The number of morpholine rings is 1. The molecule has 0 aliphatic carbocycles. The number of methoxy groups -OCH3 is 2. The smallest absolute Gasteiger partial charge is 0.122 e. The summed E-state index contributed by atoms with van der Waals surface area (Å²) in [5.41, 5.74) is 1.12. The molecule has 0 amide bonds. The molecular formula is C20H28N2O4. The van der Waals surface area contributed by atoms with Crippen molar-refractivity contribution in [3.8, 4) is 11.5 Å².